The summed E-state index contributed by atoms with van der Waals surface area (Å²) in [6.07, 6.45) is 0. The normalized spacial score (nSPS) is 11.8. The highest BCUT2D eigenvalue weighted by molar-refractivity contribution is 9.10. The van der Waals surface area contributed by atoms with Gasteiger partial charge in [-0.25, -0.2) is 0 Å². The fraction of sp³-hybridized carbons (Fsp3) is 0.250. The first-order valence-corrected chi connectivity index (χ1v) is 5.01. The van der Waals surface area contributed by atoms with Crippen LogP contribution in [0, 0.1) is 6.92 Å². The van der Waals surface area contributed by atoms with Crippen molar-refractivity contribution in [2.75, 3.05) is 0 Å². The summed E-state index contributed by atoms with van der Waals surface area (Å²) in [7, 11) is 0. The summed E-state index contributed by atoms with van der Waals surface area (Å²) < 4.78 is 36.5. The summed E-state index contributed by atoms with van der Waals surface area (Å²) in [5, 5.41) is 0. The Morgan fingerprint density at radius 3 is 2.46 bits per heavy atom. The molecule has 0 aliphatic heterocycles. The minimum Gasteiger partial charge on any atom is -0.160 e. The van der Waals surface area contributed by atoms with Gasteiger partial charge < -0.3 is 0 Å². The Labute approximate surface area is 86.6 Å². The monoisotopic (exact) mass is 270 g/mol. The van der Waals surface area contributed by atoms with Crippen molar-refractivity contribution < 1.29 is 13.2 Å². The first kappa shape index (κ1) is 10.9. The van der Waals surface area contributed by atoms with Crippen LogP contribution in [0.15, 0.2) is 27.6 Å². The second kappa shape index (κ2) is 3.92. The zero-order valence-electron chi connectivity index (χ0n) is 6.65. The van der Waals surface area contributed by atoms with Crippen LogP contribution in [0.2, 0.25) is 0 Å². The molecule has 0 bridgehead atoms. The molecule has 1 aromatic carbocycles. The third-order valence-corrected chi connectivity index (χ3v) is 3.06. The zero-order chi connectivity index (χ0) is 10.1. The zero-order valence-corrected chi connectivity index (χ0v) is 9.05. The van der Waals surface area contributed by atoms with Crippen molar-refractivity contribution in [3.63, 3.8) is 0 Å². The van der Waals surface area contributed by atoms with Crippen molar-refractivity contribution in [1.82, 2.24) is 0 Å². The molecular formula is C8H6BrF3S. The maximum absolute atomic E-state index is 12.0. The number of thioether (sulfide) groups is 1. The van der Waals surface area contributed by atoms with Gasteiger partial charge in [0.25, 0.3) is 0 Å². The first-order chi connectivity index (χ1) is 5.88. The van der Waals surface area contributed by atoms with Gasteiger partial charge in [-0.05, 0) is 52.3 Å². The number of hydrogen-bond acceptors (Lipinski definition) is 1. The Morgan fingerprint density at radius 1 is 1.31 bits per heavy atom. The summed E-state index contributed by atoms with van der Waals surface area (Å²) >= 11 is 2.96. The fourth-order valence-corrected chi connectivity index (χ4v) is 1.96. The van der Waals surface area contributed by atoms with E-state index in [4.69, 9.17) is 0 Å². The van der Waals surface area contributed by atoms with Gasteiger partial charge in [0.15, 0.2) is 0 Å². The Kier molecular flexibility index (Phi) is 3.29. The van der Waals surface area contributed by atoms with Crippen LogP contribution in [0.4, 0.5) is 13.2 Å². The van der Waals surface area contributed by atoms with Crippen molar-refractivity contribution >= 4 is 27.7 Å². The van der Waals surface area contributed by atoms with E-state index < -0.39 is 5.51 Å². The molecule has 0 saturated heterocycles. The van der Waals surface area contributed by atoms with E-state index >= 15 is 0 Å². The van der Waals surface area contributed by atoms with Gasteiger partial charge in [-0.1, -0.05) is 6.07 Å². The fourth-order valence-electron chi connectivity index (χ4n) is 0.813. The lowest BCUT2D eigenvalue weighted by molar-refractivity contribution is -0.0328. The average molecular weight is 271 g/mol. The average Bonchev–Trinajstić information content (AvgIpc) is 1.94. The maximum atomic E-state index is 12.0. The molecule has 0 fully saturated rings. The number of hydrogen-bond donors (Lipinski definition) is 0. The third kappa shape index (κ3) is 3.60. The van der Waals surface area contributed by atoms with E-state index in [1.54, 1.807) is 19.1 Å². The van der Waals surface area contributed by atoms with Crippen molar-refractivity contribution in [3.8, 4) is 0 Å². The van der Waals surface area contributed by atoms with Gasteiger partial charge in [0, 0.05) is 9.37 Å². The molecule has 1 aromatic rings. The molecule has 0 amide bonds. The minimum absolute atomic E-state index is 0.105. The second-order valence-electron chi connectivity index (χ2n) is 2.48. The lowest BCUT2D eigenvalue weighted by Crippen LogP contribution is -1.99. The summed E-state index contributed by atoms with van der Waals surface area (Å²) in [5.41, 5.74) is -3.41. The number of benzene rings is 1. The van der Waals surface area contributed by atoms with E-state index in [1.165, 1.54) is 6.07 Å². The van der Waals surface area contributed by atoms with Crippen LogP contribution in [0.25, 0.3) is 0 Å². The molecule has 0 atom stereocenters. The molecule has 1 rings (SSSR count). The van der Waals surface area contributed by atoms with Crippen LogP contribution in [0.1, 0.15) is 5.56 Å². The van der Waals surface area contributed by atoms with Crippen molar-refractivity contribution in [2.45, 2.75) is 17.3 Å². The lowest BCUT2D eigenvalue weighted by Gasteiger charge is -2.07. The van der Waals surface area contributed by atoms with Gasteiger partial charge in [-0.2, -0.15) is 13.2 Å². The van der Waals surface area contributed by atoms with Crippen LogP contribution >= 0.6 is 27.7 Å². The summed E-state index contributed by atoms with van der Waals surface area (Å²) in [4.78, 5) is 0.201. The molecule has 0 unspecified atom stereocenters. The first-order valence-electron chi connectivity index (χ1n) is 3.40. The number of aryl methyl sites for hydroxylation is 1. The highest BCUT2D eigenvalue weighted by Crippen LogP contribution is 2.40. The van der Waals surface area contributed by atoms with E-state index in [1.807, 2.05) is 0 Å². The van der Waals surface area contributed by atoms with E-state index in [0.717, 1.165) is 5.56 Å². The molecule has 72 valence electrons. The quantitative estimate of drug-likeness (QED) is 0.683. The van der Waals surface area contributed by atoms with Crippen LogP contribution < -0.4 is 0 Å². The van der Waals surface area contributed by atoms with E-state index in [0.29, 0.717) is 4.47 Å². The van der Waals surface area contributed by atoms with Gasteiger partial charge in [0.1, 0.15) is 0 Å². The number of rotatable bonds is 1. The van der Waals surface area contributed by atoms with Crippen LogP contribution in [0.5, 0.6) is 0 Å². The van der Waals surface area contributed by atoms with E-state index in [2.05, 4.69) is 15.9 Å². The Hall–Kier alpha value is -0.160. The molecule has 0 aliphatic rings. The molecule has 0 saturated carbocycles. The number of alkyl halides is 3. The predicted molar refractivity (Wildman–Crippen MR) is 50.8 cm³/mol. The predicted octanol–water partition coefficient (Wildman–Crippen LogP) is 4.37. The van der Waals surface area contributed by atoms with Crippen molar-refractivity contribution in [1.29, 1.82) is 0 Å². The summed E-state index contributed by atoms with van der Waals surface area (Å²) in [6.45, 7) is 1.76. The Bertz CT molecular complexity index is 309. The number of halogens is 4. The molecule has 0 spiro atoms. The van der Waals surface area contributed by atoms with E-state index in [9.17, 15) is 13.2 Å². The molecule has 0 aromatic heterocycles. The van der Waals surface area contributed by atoms with Crippen LogP contribution in [0.3, 0.4) is 0 Å². The smallest absolute Gasteiger partial charge is 0.160 e. The maximum Gasteiger partial charge on any atom is 0.446 e. The SMILES string of the molecule is Cc1ccc(Br)c(SC(F)(F)F)c1. The van der Waals surface area contributed by atoms with Crippen LogP contribution in [-0.4, -0.2) is 5.51 Å². The van der Waals surface area contributed by atoms with E-state index in [-0.39, 0.29) is 16.7 Å². The third-order valence-electron chi connectivity index (χ3n) is 1.31. The largest absolute Gasteiger partial charge is 0.446 e. The Morgan fingerprint density at radius 2 is 1.92 bits per heavy atom. The summed E-state index contributed by atoms with van der Waals surface area (Å²) in [5.74, 6) is 0. The lowest BCUT2D eigenvalue weighted by atomic mass is 10.2. The van der Waals surface area contributed by atoms with Crippen LogP contribution in [-0.2, 0) is 0 Å². The molecule has 0 N–H and O–H groups in total. The Balaban J connectivity index is 2.94. The minimum atomic E-state index is -4.23. The molecule has 0 aliphatic carbocycles. The van der Waals surface area contributed by atoms with Gasteiger partial charge >= 0.3 is 5.51 Å². The van der Waals surface area contributed by atoms with Gasteiger partial charge in [0.2, 0.25) is 0 Å². The van der Waals surface area contributed by atoms with Gasteiger partial charge in [-0.3, -0.25) is 0 Å². The highest BCUT2D eigenvalue weighted by atomic mass is 79.9. The second-order valence-corrected chi connectivity index (χ2v) is 4.44. The van der Waals surface area contributed by atoms with Gasteiger partial charge in [0.05, 0.1) is 0 Å². The molecule has 0 radical (unpaired) electrons. The molecule has 13 heavy (non-hydrogen) atoms. The molecule has 5 heteroatoms. The van der Waals surface area contributed by atoms with Gasteiger partial charge in [-0.15, -0.1) is 0 Å². The van der Waals surface area contributed by atoms with Crippen molar-refractivity contribution in [3.05, 3.63) is 28.2 Å². The summed E-state index contributed by atoms with van der Waals surface area (Å²) in [6, 6.07) is 4.87. The molecule has 0 heterocycles. The highest BCUT2D eigenvalue weighted by Gasteiger charge is 2.30. The topological polar surface area (TPSA) is 0 Å². The molecule has 0 nitrogen and oxygen atoms in total. The van der Waals surface area contributed by atoms with Crippen molar-refractivity contribution in [2.24, 2.45) is 0 Å². The standard InChI is InChI=1S/C8H6BrF3S/c1-5-2-3-6(9)7(4-5)13-8(10,11)12/h2-4H,1H3. The molecular weight excluding hydrogens is 265 g/mol.